The van der Waals surface area contributed by atoms with Crippen molar-refractivity contribution in [2.24, 2.45) is 0 Å². The molecule has 0 aromatic heterocycles. The first kappa shape index (κ1) is 20.0. The van der Waals surface area contributed by atoms with Gasteiger partial charge in [-0.05, 0) is 25.7 Å². The summed E-state index contributed by atoms with van der Waals surface area (Å²) in [5, 5.41) is 0. The molecule has 1 fully saturated rings. The topological polar surface area (TPSA) is 9.23 Å². The van der Waals surface area contributed by atoms with Crippen LogP contribution in [0.1, 0.15) is 90.9 Å². The van der Waals surface area contributed by atoms with E-state index in [0.29, 0.717) is 0 Å². The van der Waals surface area contributed by atoms with Gasteiger partial charge in [-0.2, -0.15) is 0 Å². The summed E-state index contributed by atoms with van der Waals surface area (Å²) >= 11 is 0. The molecule has 2 nitrogen and oxygen atoms in total. The average Bonchev–Trinajstić information content (AvgIpc) is 2.55. The van der Waals surface area contributed by atoms with Crippen LogP contribution in [0, 0.1) is 0 Å². The third-order valence-electron chi connectivity index (χ3n) is 5.39. The second kappa shape index (κ2) is 13.4. The van der Waals surface area contributed by atoms with Crippen molar-refractivity contribution in [3.8, 4) is 0 Å². The van der Waals surface area contributed by atoms with Gasteiger partial charge in [0.25, 0.3) is 0 Å². The van der Waals surface area contributed by atoms with Crippen molar-refractivity contribution in [2.75, 3.05) is 39.4 Å². The van der Waals surface area contributed by atoms with E-state index < -0.39 is 0 Å². The number of quaternary nitrogens is 1. The van der Waals surface area contributed by atoms with Gasteiger partial charge in [0.05, 0.1) is 26.3 Å². The van der Waals surface area contributed by atoms with Gasteiger partial charge < -0.3 is 9.22 Å². The quantitative estimate of drug-likeness (QED) is 0.301. The second-order valence-electron chi connectivity index (χ2n) is 7.38. The van der Waals surface area contributed by atoms with Crippen molar-refractivity contribution in [2.45, 2.75) is 90.9 Å². The highest BCUT2D eigenvalue weighted by atomic mass is 16.5. The SMILES string of the molecule is CCCCCCCC[N+]1(CCCCCCCC)CCOCC1. The van der Waals surface area contributed by atoms with Gasteiger partial charge in [0, 0.05) is 0 Å². The first-order valence-electron chi connectivity index (χ1n) is 10.3. The van der Waals surface area contributed by atoms with Gasteiger partial charge in [-0.1, -0.05) is 65.2 Å². The molecule has 2 heteroatoms. The number of rotatable bonds is 14. The fourth-order valence-corrected chi connectivity index (χ4v) is 3.74. The minimum Gasteiger partial charge on any atom is -0.370 e. The van der Waals surface area contributed by atoms with Gasteiger partial charge in [-0.25, -0.2) is 0 Å². The number of ether oxygens (including phenoxy) is 1. The van der Waals surface area contributed by atoms with E-state index in [1.165, 1.54) is 108 Å². The predicted molar refractivity (Wildman–Crippen MR) is 97.3 cm³/mol. The zero-order valence-corrected chi connectivity index (χ0v) is 15.6. The van der Waals surface area contributed by atoms with E-state index in [1.807, 2.05) is 0 Å². The van der Waals surface area contributed by atoms with Crippen molar-refractivity contribution in [3.05, 3.63) is 0 Å². The molecule has 0 saturated carbocycles. The molecule has 1 aliphatic heterocycles. The van der Waals surface area contributed by atoms with E-state index in [1.54, 1.807) is 0 Å². The Labute approximate surface area is 140 Å². The molecule has 0 N–H and O–H groups in total. The molecule has 1 saturated heterocycles. The molecular weight excluding hydrogens is 270 g/mol. The lowest BCUT2D eigenvalue weighted by Crippen LogP contribution is -2.56. The zero-order chi connectivity index (χ0) is 15.9. The fraction of sp³-hybridized carbons (Fsp3) is 1.00. The third-order valence-corrected chi connectivity index (χ3v) is 5.39. The molecule has 0 amide bonds. The van der Waals surface area contributed by atoms with E-state index in [4.69, 9.17) is 4.74 Å². The summed E-state index contributed by atoms with van der Waals surface area (Å²) < 4.78 is 6.99. The molecule has 0 aromatic carbocycles. The number of unbranched alkanes of at least 4 members (excludes halogenated alkanes) is 10. The third kappa shape index (κ3) is 9.15. The van der Waals surface area contributed by atoms with E-state index in [0.717, 1.165) is 13.2 Å². The standard InChI is InChI=1S/C20H42NO/c1-3-5-7-9-11-13-15-21(17-19-22-20-18-21)16-14-12-10-8-6-4-2/h3-20H2,1-2H3/q+1. The summed E-state index contributed by atoms with van der Waals surface area (Å²) in [5.41, 5.74) is 0. The maximum atomic E-state index is 5.63. The van der Waals surface area contributed by atoms with Crippen molar-refractivity contribution in [1.29, 1.82) is 0 Å². The van der Waals surface area contributed by atoms with E-state index in [2.05, 4.69) is 13.8 Å². The minimum atomic E-state index is 0.992. The molecule has 0 radical (unpaired) electrons. The van der Waals surface area contributed by atoms with Crippen LogP contribution in [0.4, 0.5) is 0 Å². The Hall–Kier alpha value is -0.0800. The minimum absolute atomic E-state index is 0.992. The smallest absolute Gasteiger partial charge is 0.102 e. The summed E-state index contributed by atoms with van der Waals surface area (Å²) in [5.74, 6) is 0. The molecule has 0 aromatic rings. The molecule has 132 valence electrons. The molecule has 0 spiro atoms. The van der Waals surface area contributed by atoms with Gasteiger partial charge in [0.1, 0.15) is 13.1 Å². The van der Waals surface area contributed by atoms with E-state index >= 15 is 0 Å². The van der Waals surface area contributed by atoms with Crippen LogP contribution in [-0.4, -0.2) is 43.9 Å². The maximum Gasteiger partial charge on any atom is 0.102 e. The molecule has 0 atom stereocenters. The van der Waals surface area contributed by atoms with Crippen LogP contribution in [0.15, 0.2) is 0 Å². The first-order chi connectivity index (χ1) is 10.8. The second-order valence-corrected chi connectivity index (χ2v) is 7.38. The Bertz CT molecular complexity index is 218. The Balaban J connectivity index is 2.17. The van der Waals surface area contributed by atoms with Gasteiger partial charge in [0.15, 0.2) is 0 Å². The van der Waals surface area contributed by atoms with Crippen LogP contribution >= 0.6 is 0 Å². The van der Waals surface area contributed by atoms with Crippen LogP contribution < -0.4 is 0 Å². The normalized spacial score (nSPS) is 17.7. The Morgan fingerprint density at radius 2 is 1.00 bits per heavy atom. The lowest BCUT2D eigenvalue weighted by atomic mass is 10.1. The highest BCUT2D eigenvalue weighted by Crippen LogP contribution is 2.18. The van der Waals surface area contributed by atoms with Crippen LogP contribution in [0.2, 0.25) is 0 Å². The molecule has 0 bridgehead atoms. The summed E-state index contributed by atoms with van der Waals surface area (Å²) in [6.45, 7) is 11.9. The highest BCUT2D eigenvalue weighted by molar-refractivity contribution is 4.54. The Morgan fingerprint density at radius 3 is 1.45 bits per heavy atom. The summed E-state index contributed by atoms with van der Waals surface area (Å²) in [6.07, 6.45) is 17.1. The zero-order valence-electron chi connectivity index (χ0n) is 15.6. The molecule has 1 rings (SSSR count). The molecular formula is C20H42NO+. The highest BCUT2D eigenvalue weighted by Gasteiger charge is 2.29. The monoisotopic (exact) mass is 312 g/mol. The molecule has 1 aliphatic rings. The lowest BCUT2D eigenvalue weighted by Gasteiger charge is -2.41. The average molecular weight is 313 g/mol. The van der Waals surface area contributed by atoms with Gasteiger partial charge >= 0.3 is 0 Å². The van der Waals surface area contributed by atoms with Crippen molar-refractivity contribution in [1.82, 2.24) is 0 Å². The Morgan fingerprint density at radius 1 is 0.591 bits per heavy atom. The van der Waals surface area contributed by atoms with Gasteiger partial charge in [0.2, 0.25) is 0 Å². The summed E-state index contributed by atoms with van der Waals surface area (Å²) in [7, 11) is 0. The molecule has 0 unspecified atom stereocenters. The Kier molecular flexibility index (Phi) is 12.1. The number of nitrogens with zero attached hydrogens (tertiary/aromatic N) is 1. The van der Waals surface area contributed by atoms with Crippen LogP contribution in [0.25, 0.3) is 0 Å². The largest absolute Gasteiger partial charge is 0.370 e. The molecule has 22 heavy (non-hydrogen) atoms. The molecule has 1 heterocycles. The predicted octanol–water partition coefficient (Wildman–Crippen LogP) is 5.55. The van der Waals surface area contributed by atoms with E-state index in [-0.39, 0.29) is 0 Å². The lowest BCUT2D eigenvalue weighted by molar-refractivity contribution is -0.935. The van der Waals surface area contributed by atoms with E-state index in [9.17, 15) is 0 Å². The van der Waals surface area contributed by atoms with Crippen LogP contribution in [-0.2, 0) is 4.74 Å². The van der Waals surface area contributed by atoms with Crippen molar-refractivity contribution < 1.29 is 9.22 Å². The fourth-order valence-electron chi connectivity index (χ4n) is 3.74. The van der Waals surface area contributed by atoms with Gasteiger partial charge in [-0.3, -0.25) is 0 Å². The summed E-state index contributed by atoms with van der Waals surface area (Å²) in [6, 6.07) is 0. The van der Waals surface area contributed by atoms with Gasteiger partial charge in [-0.15, -0.1) is 0 Å². The number of hydrogen-bond donors (Lipinski definition) is 0. The number of hydrogen-bond acceptors (Lipinski definition) is 1. The van der Waals surface area contributed by atoms with Crippen molar-refractivity contribution in [3.63, 3.8) is 0 Å². The van der Waals surface area contributed by atoms with Crippen LogP contribution in [0.5, 0.6) is 0 Å². The number of morpholine rings is 1. The summed E-state index contributed by atoms with van der Waals surface area (Å²) in [4.78, 5) is 0. The molecule has 0 aliphatic carbocycles. The first-order valence-corrected chi connectivity index (χ1v) is 10.3. The van der Waals surface area contributed by atoms with Crippen molar-refractivity contribution >= 4 is 0 Å². The van der Waals surface area contributed by atoms with Crippen LogP contribution in [0.3, 0.4) is 0 Å². The maximum absolute atomic E-state index is 5.63.